The Hall–Kier alpha value is -1.56. The maximum absolute atomic E-state index is 12.1. The molecule has 1 atom stereocenters. The molecule has 6 heteroatoms. The first-order valence-electron chi connectivity index (χ1n) is 8.18. The molecule has 1 aliphatic rings. The minimum Gasteiger partial charge on any atom is -0.481 e. The lowest BCUT2D eigenvalue weighted by Gasteiger charge is -2.39. The number of piperidine rings is 1. The molecule has 2 rings (SSSR count). The largest absolute Gasteiger partial charge is 0.481 e. The van der Waals surface area contributed by atoms with Gasteiger partial charge in [-0.15, -0.1) is 0 Å². The van der Waals surface area contributed by atoms with Gasteiger partial charge >= 0.3 is 5.97 Å². The van der Waals surface area contributed by atoms with Crippen molar-refractivity contribution < 1.29 is 14.3 Å². The molecule has 1 aromatic rings. The second-order valence-corrected chi connectivity index (χ2v) is 6.98. The molecule has 0 spiro atoms. The van der Waals surface area contributed by atoms with Crippen LogP contribution in [0, 0.1) is 18.3 Å². The number of nitrogens with zero attached hydrogens (tertiary/aromatic N) is 3. The molecule has 6 nitrogen and oxygen atoms in total. The normalized spacial score (nSPS) is 19.7. The molecule has 0 aliphatic carbocycles. The fraction of sp³-hybridized carbons (Fsp3) is 0.765. The summed E-state index contributed by atoms with van der Waals surface area (Å²) in [7, 11) is 5.04. The van der Waals surface area contributed by atoms with Gasteiger partial charge in [-0.3, -0.25) is 9.69 Å². The summed E-state index contributed by atoms with van der Waals surface area (Å²) < 4.78 is 12.3. The number of hydrogen-bond acceptors (Lipinski definition) is 5. The number of carbonyl (C=O) groups excluding carboxylic acids is 1. The van der Waals surface area contributed by atoms with Crippen LogP contribution in [0.4, 0.5) is 0 Å². The SMILES string of the molecule is COC(=O)C(C)(C)[C@H]1CCCN(Cc2c(C)nn(C)c2OC)C1. The van der Waals surface area contributed by atoms with Gasteiger partial charge in [-0.2, -0.15) is 5.10 Å². The van der Waals surface area contributed by atoms with Crippen molar-refractivity contribution in [3.63, 3.8) is 0 Å². The lowest BCUT2D eigenvalue weighted by molar-refractivity contribution is -0.155. The number of rotatable bonds is 5. The van der Waals surface area contributed by atoms with Gasteiger partial charge in [-0.1, -0.05) is 0 Å². The third-order valence-electron chi connectivity index (χ3n) is 5.10. The molecule has 0 amide bonds. The zero-order valence-corrected chi connectivity index (χ0v) is 15.2. The number of ether oxygens (including phenoxy) is 2. The summed E-state index contributed by atoms with van der Waals surface area (Å²) in [4.78, 5) is 14.5. The van der Waals surface area contributed by atoms with Crippen molar-refractivity contribution >= 4 is 5.97 Å². The average Bonchev–Trinajstić information content (AvgIpc) is 2.80. The van der Waals surface area contributed by atoms with Crippen LogP contribution in [0.1, 0.15) is 37.9 Å². The predicted octanol–water partition coefficient (Wildman–Crippen LogP) is 2.15. The van der Waals surface area contributed by atoms with E-state index in [2.05, 4.69) is 10.00 Å². The summed E-state index contributed by atoms with van der Waals surface area (Å²) in [6.07, 6.45) is 2.15. The van der Waals surface area contributed by atoms with Crippen LogP contribution >= 0.6 is 0 Å². The molecule has 1 fully saturated rings. The number of carbonyl (C=O) groups is 1. The summed E-state index contributed by atoms with van der Waals surface area (Å²) in [6.45, 7) is 8.71. The van der Waals surface area contributed by atoms with E-state index < -0.39 is 5.41 Å². The van der Waals surface area contributed by atoms with Crippen LogP contribution in [0.3, 0.4) is 0 Å². The molecular formula is C17H29N3O3. The minimum absolute atomic E-state index is 0.125. The topological polar surface area (TPSA) is 56.6 Å². The van der Waals surface area contributed by atoms with Crippen LogP contribution in [0.25, 0.3) is 0 Å². The molecule has 0 N–H and O–H groups in total. The molecule has 23 heavy (non-hydrogen) atoms. The summed E-state index contributed by atoms with van der Waals surface area (Å²) in [5.74, 6) is 0.989. The smallest absolute Gasteiger partial charge is 0.311 e. The Morgan fingerprint density at radius 1 is 1.39 bits per heavy atom. The maximum atomic E-state index is 12.1. The van der Waals surface area contributed by atoms with Gasteiger partial charge in [0.05, 0.1) is 30.9 Å². The Kier molecular flexibility index (Phi) is 5.34. The lowest BCUT2D eigenvalue weighted by atomic mass is 9.74. The summed E-state index contributed by atoms with van der Waals surface area (Å²) in [5, 5.41) is 4.45. The number of esters is 1. The lowest BCUT2D eigenvalue weighted by Crippen LogP contribution is -2.44. The van der Waals surface area contributed by atoms with Gasteiger partial charge in [0.2, 0.25) is 5.88 Å². The van der Waals surface area contributed by atoms with E-state index >= 15 is 0 Å². The van der Waals surface area contributed by atoms with Crippen molar-refractivity contribution in [1.29, 1.82) is 0 Å². The van der Waals surface area contributed by atoms with E-state index in [4.69, 9.17) is 9.47 Å². The average molecular weight is 323 g/mol. The molecule has 0 bridgehead atoms. The number of likely N-dealkylation sites (tertiary alicyclic amines) is 1. The highest BCUT2D eigenvalue weighted by Gasteiger charge is 2.40. The zero-order chi connectivity index (χ0) is 17.2. The van der Waals surface area contributed by atoms with Crippen molar-refractivity contribution in [2.75, 3.05) is 27.3 Å². The van der Waals surface area contributed by atoms with Crippen LogP contribution < -0.4 is 4.74 Å². The summed E-state index contributed by atoms with van der Waals surface area (Å²) in [5.41, 5.74) is 1.67. The maximum Gasteiger partial charge on any atom is 0.311 e. The first-order valence-corrected chi connectivity index (χ1v) is 8.18. The Morgan fingerprint density at radius 3 is 2.70 bits per heavy atom. The molecule has 130 valence electrons. The zero-order valence-electron chi connectivity index (χ0n) is 15.2. The van der Waals surface area contributed by atoms with Gasteiger partial charge in [0.15, 0.2) is 0 Å². The molecule has 0 aromatic carbocycles. The standard InChI is InChI=1S/C17H29N3O3/c1-12-14(15(22-5)19(4)18-12)11-20-9-7-8-13(10-20)17(2,3)16(21)23-6/h13H,7-11H2,1-6H3/t13-/m0/s1. The molecule has 0 unspecified atom stereocenters. The highest BCUT2D eigenvalue weighted by atomic mass is 16.5. The number of hydrogen-bond donors (Lipinski definition) is 0. The van der Waals surface area contributed by atoms with Gasteiger partial charge in [0.1, 0.15) is 0 Å². The van der Waals surface area contributed by atoms with Gasteiger partial charge < -0.3 is 9.47 Å². The van der Waals surface area contributed by atoms with Gasteiger partial charge in [-0.25, -0.2) is 4.68 Å². The Bertz CT molecular complexity index is 566. The van der Waals surface area contributed by atoms with Crippen molar-refractivity contribution in [2.45, 2.75) is 40.2 Å². The minimum atomic E-state index is -0.457. The van der Waals surface area contributed by atoms with E-state index in [1.165, 1.54) is 7.11 Å². The van der Waals surface area contributed by atoms with Gasteiger partial charge in [0.25, 0.3) is 0 Å². The Labute approximate surface area is 138 Å². The number of aromatic nitrogens is 2. The number of methoxy groups -OCH3 is 2. The van der Waals surface area contributed by atoms with Gasteiger partial charge in [-0.05, 0) is 46.1 Å². The van der Waals surface area contributed by atoms with Crippen LogP contribution in [-0.2, 0) is 23.1 Å². The molecule has 1 aromatic heterocycles. The Morgan fingerprint density at radius 2 is 2.09 bits per heavy atom. The predicted molar refractivity (Wildman–Crippen MR) is 88.3 cm³/mol. The van der Waals surface area contributed by atoms with Gasteiger partial charge in [0, 0.05) is 20.1 Å². The first-order chi connectivity index (χ1) is 10.8. The van der Waals surface area contributed by atoms with E-state index in [1.807, 2.05) is 27.8 Å². The van der Waals surface area contributed by atoms with E-state index in [-0.39, 0.29) is 5.97 Å². The monoisotopic (exact) mass is 323 g/mol. The molecule has 1 saturated heterocycles. The highest BCUT2D eigenvalue weighted by Crippen LogP contribution is 2.36. The number of aryl methyl sites for hydroxylation is 2. The van der Waals surface area contributed by atoms with Crippen LogP contribution in [0.15, 0.2) is 0 Å². The second-order valence-electron chi connectivity index (χ2n) is 6.98. The molecule has 0 saturated carbocycles. The third kappa shape index (κ3) is 3.52. The fourth-order valence-corrected chi connectivity index (χ4v) is 3.56. The second kappa shape index (κ2) is 6.91. The fourth-order valence-electron chi connectivity index (χ4n) is 3.56. The van der Waals surface area contributed by atoms with E-state index in [0.717, 1.165) is 49.6 Å². The molecule has 2 heterocycles. The van der Waals surface area contributed by atoms with Crippen LogP contribution in [-0.4, -0.2) is 48.0 Å². The van der Waals surface area contributed by atoms with Crippen LogP contribution in [0.5, 0.6) is 5.88 Å². The first kappa shape index (κ1) is 17.8. The molecule has 0 radical (unpaired) electrons. The molecular weight excluding hydrogens is 294 g/mol. The van der Waals surface area contributed by atoms with E-state index in [9.17, 15) is 4.79 Å². The van der Waals surface area contributed by atoms with Crippen molar-refractivity contribution in [2.24, 2.45) is 18.4 Å². The van der Waals surface area contributed by atoms with E-state index in [0.29, 0.717) is 5.92 Å². The summed E-state index contributed by atoms with van der Waals surface area (Å²) >= 11 is 0. The van der Waals surface area contributed by atoms with Crippen molar-refractivity contribution in [1.82, 2.24) is 14.7 Å². The van der Waals surface area contributed by atoms with Crippen molar-refractivity contribution in [3.8, 4) is 5.88 Å². The Balaban J connectivity index is 2.12. The summed E-state index contributed by atoms with van der Waals surface area (Å²) in [6, 6.07) is 0. The highest BCUT2D eigenvalue weighted by molar-refractivity contribution is 5.76. The van der Waals surface area contributed by atoms with Crippen molar-refractivity contribution in [3.05, 3.63) is 11.3 Å². The van der Waals surface area contributed by atoms with Crippen LogP contribution in [0.2, 0.25) is 0 Å². The quantitative estimate of drug-likeness (QED) is 0.777. The van der Waals surface area contributed by atoms with E-state index in [1.54, 1.807) is 11.8 Å². The third-order valence-corrected chi connectivity index (χ3v) is 5.10. The molecule has 1 aliphatic heterocycles.